The molecule has 0 aliphatic heterocycles. The van der Waals surface area contributed by atoms with Crippen LogP contribution in [0.4, 0.5) is 4.79 Å². The molecule has 2 aromatic rings. The summed E-state index contributed by atoms with van der Waals surface area (Å²) in [5.41, 5.74) is 1.42. The van der Waals surface area contributed by atoms with Crippen molar-refractivity contribution in [2.75, 3.05) is 6.54 Å². The lowest BCUT2D eigenvalue weighted by Gasteiger charge is -2.27. The number of aromatic nitrogens is 3. The number of carbonyl (C=O) groups is 2. The molecule has 8 nitrogen and oxygen atoms in total. The lowest BCUT2D eigenvalue weighted by molar-refractivity contribution is 0.0482. The summed E-state index contributed by atoms with van der Waals surface area (Å²) in [5.74, 6) is -0.216. The first-order chi connectivity index (χ1) is 13.0. The van der Waals surface area contributed by atoms with Crippen molar-refractivity contribution in [3.63, 3.8) is 0 Å². The van der Waals surface area contributed by atoms with E-state index in [1.807, 2.05) is 32.0 Å². The molecule has 8 heteroatoms. The van der Waals surface area contributed by atoms with Gasteiger partial charge in [-0.25, -0.2) is 4.79 Å². The van der Waals surface area contributed by atoms with Crippen molar-refractivity contribution in [1.82, 2.24) is 25.0 Å². The van der Waals surface area contributed by atoms with Gasteiger partial charge < -0.3 is 15.0 Å². The van der Waals surface area contributed by atoms with E-state index in [-0.39, 0.29) is 11.9 Å². The second-order valence-corrected chi connectivity index (χ2v) is 7.85. The Kier molecular flexibility index (Phi) is 6.77. The summed E-state index contributed by atoms with van der Waals surface area (Å²) in [4.78, 5) is 31.0. The monoisotopic (exact) mass is 387 g/mol. The number of pyridine rings is 1. The number of nitrogens with one attached hydrogen (secondary N) is 1. The number of carbonyl (C=O) groups excluding carboxylic acids is 2. The number of hydrogen-bond acceptors (Lipinski definition) is 5. The predicted octanol–water partition coefficient (Wildman–Crippen LogP) is 2.68. The number of hydrogen-bond donors (Lipinski definition) is 1. The Morgan fingerprint density at radius 1 is 1.32 bits per heavy atom. The van der Waals surface area contributed by atoms with E-state index in [1.165, 1.54) is 0 Å². The Morgan fingerprint density at radius 3 is 2.57 bits per heavy atom. The van der Waals surface area contributed by atoms with Gasteiger partial charge in [0.2, 0.25) is 0 Å². The molecule has 0 unspecified atom stereocenters. The molecule has 152 valence electrons. The van der Waals surface area contributed by atoms with Crippen LogP contribution >= 0.6 is 0 Å². The highest BCUT2D eigenvalue weighted by Gasteiger charge is 2.24. The molecule has 2 heterocycles. The molecule has 1 N–H and O–H groups in total. The van der Waals surface area contributed by atoms with Gasteiger partial charge in [0.15, 0.2) is 5.69 Å². The maximum absolute atomic E-state index is 13.0. The number of alkyl carbamates (subject to hydrolysis) is 1. The fourth-order valence-electron chi connectivity index (χ4n) is 2.62. The zero-order chi connectivity index (χ0) is 20.9. The third kappa shape index (κ3) is 6.37. The van der Waals surface area contributed by atoms with Crippen molar-refractivity contribution in [3.8, 4) is 0 Å². The van der Waals surface area contributed by atoms with Crippen LogP contribution in [0.25, 0.3) is 0 Å². The molecule has 0 radical (unpaired) electrons. The minimum absolute atomic E-state index is 0.216. The second kappa shape index (κ2) is 8.86. The summed E-state index contributed by atoms with van der Waals surface area (Å²) in [6, 6.07) is 6.99. The highest BCUT2D eigenvalue weighted by molar-refractivity contribution is 5.92. The van der Waals surface area contributed by atoms with Crippen LogP contribution < -0.4 is 5.32 Å². The van der Waals surface area contributed by atoms with Crippen LogP contribution in [0.5, 0.6) is 0 Å². The van der Waals surface area contributed by atoms with Crippen molar-refractivity contribution in [2.24, 2.45) is 7.05 Å². The minimum atomic E-state index is -0.585. The van der Waals surface area contributed by atoms with Crippen LogP contribution in [0.3, 0.4) is 0 Å². The quantitative estimate of drug-likeness (QED) is 0.823. The average molecular weight is 387 g/mol. The van der Waals surface area contributed by atoms with Crippen molar-refractivity contribution >= 4 is 12.0 Å². The third-order valence-electron chi connectivity index (χ3n) is 3.96. The normalized spacial score (nSPS) is 12.4. The van der Waals surface area contributed by atoms with Crippen LogP contribution in [0.15, 0.2) is 30.5 Å². The number of ether oxygens (including phenoxy) is 1. The summed E-state index contributed by atoms with van der Waals surface area (Å²) in [7, 11) is 1.79. The Balaban J connectivity index is 2.13. The zero-order valence-corrected chi connectivity index (χ0v) is 17.4. The highest BCUT2D eigenvalue weighted by atomic mass is 16.6. The van der Waals surface area contributed by atoms with Gasteiger partial charge >= 0.3 is 6.09 Å². The average Bonchev–Trinajstić information content (AvgIpc) is 2.91. The van der Waals surface area contributed by atoms with Crippen molar-refractivity contribution < 1.29 is 14.3 Å². The van der Waals surface area contributed by atoms with E-state index < -0.39 is 11.7 Å². The molecule has 0 bridgehead atoms. The van der Waals surface area contributed by atoms with Gasteiger partial charge in [-0.3, -0.25) is 14.5 Å². The van der Waals surface area contributed by atoms with E-state index in [0.29, 0.717) is 18.8 Å². The fourth-order valence-corrected chi connectivity index (χ4v) is 2.62. The van der Waals surface area contributed by atoms with E-state index in [2.05, 4.69) is 15.4 Å². The van der Waals surface area contributed by atoms with Crippen molar-refractivity contribution in [2.45, 2.75) is 52.8 Å². The maximum atomic E-state index is 13.0. The molecule has 0 aromatic carbocycles. The molecular formula is C20H29N5O3. The first-order valence-electron chi connectivity index (χ1n) is 9.24. The molecule has 2 amide bonds. The van der Waals surface area contributed by atoms with Crippen molar-refractivity contribution in [3.05, 3.63) is 47.5 Å². The van der Waals surface area contributed by atoms with Gasteiger partial charge in [0.1, 0.15) is 5.60 Å². The molecule has 0 aliphatic carbocycles. The molecule has 1 atom stereocenters. The van der Waals surface area contributed by atoms with Gasteiger partial charge in [-0.05, 0) is 52.8 Å². The van der Waals surface area contributed by atoms with E-state index in [0.717, 1.165) is 11.4 Å². The van der Waals surface area contributed by atoms with Gasteiger partial charge in [-0.2, -0.15) is 5.10 Å². The summed E-state index contributed by atoms with van der Waals surface area (Å²) in [5, 5.41) is 7.06. The van der Waals surface area contributed by atoms with Gasteiger partial charge in [0.25, 0.3) is 5.91 Å². The highest BCUT2D eigenvalue weighted by Crippen LogP contribution is 2.11. The van der Waals surface area contributed by atoms with Gasteiger partial charge in [0.05, 0.1) is 12.2 Å². The Hall–Kier alpha value is -2.90. The Bertz CT molecular complexity index is 791. The van der Waals surface area contributed by atoms with E-state index in [1.54, 1.807) is 49.7 Å². The fraction of sp³-hybridized carbons (Fsp3) is 0.500. The Morgan fingerprint density at radius 2 is 2.04 bits per heavy atom. The first-order valence-corrected chi connectivity index (χ1v) is 9.24. The molecular weight excluding hydrogens is 358 g/mol. The van der Waals surface area contributed by atoms with Crippen LogP contribution in [0, 0.1) is 6.92 Å². The maximum Gasteiger partial charge on any atom is 0.407 e. The van der Waals surface area contributed by atoms with Crippen LogP contribution in [-0.2, 0) is 18.3 Å². The summed E-state index contributed by atoms with van der Waals surface area (Å²) in [6.45, 7) is 9.73. The van der Waals surface area contributed by atoms with Crippen molar-refractivity contribution in [1.29, 1.82) is 0 Å². The van der Waals surface area contributed by atoms with E-state index >= 15 is 0 Å². The SMILES string of the molecule is Cc1cc(C(=O)N(Cc2ccccn2)C[C@@H](C)NC(=O)OC(C)(C)C)nn1C. The molecule has 0 spiro atoms. The molecule has 2 rings (SSSR count). The lowest BCUT2D eigenvalue weighted by atomic mass is 10.2. The molecule has 0 aliphatic rings. The predicted molar refractivity (Wildman–Crippen MR) is 106 cm³/mol. The number of rotatable bonds is 6. The third-order valence-corrected chi connectivity index (χ3v) is 3.96. The second-order valence-electron chi connectivity index (χ2n) is 7.85. The summed E-state index contributed by atoms with van der Waals surface area (Å²) < 4.78 is 6.95. The van der Waals surface area contributed by atoms with Gasteiger partial charge in [-0.1, -0.05) is 6.07 Å². The van der Waals surface area contributed by atoms with E-state index in [9.17, 15) is 9.59 Å². The van der Waals surface area contributed by atoms with Crippen LogP contribution in [0.1, 0.15) is 49.6 Å². The van der Waals surface area contributed by atoms with Crippen LogP contribution in [-0.4, -0.2) is 49.9 Å². The minimum Gasteiger partial charge on any atom is -0.444 e. The molecule has 28 heavy (non-hydrogen) atoms. The van der Waals surface area contributed by atoms with Gasteiger partial charge in [-0.15, -0.1) is 0 Å². The topological polar surface area (TPSA) is 89.3 Å². The number of amides is 2. The largest absolute Gasteiger partial charge is 0.444 e. The zero-order valence-electron chi connectivity index (χ0n) is 17.4. The molecule has 0 saturated carbocycles. The van der Waals surface area contributed by atoms with Crippen LogP contribution in [0.2, 0.25) is 0 Å². The smallest absolute Gasteiger partial charge is 0.407 e. The van der Waals surface area contributed by atoms with Gasteiger partial charge in [0, 0.05) is 31.5 Å². The van der Waals surface area contributed by atoms with E-state index in [4.69, 9.17) is 4.74 Å². The molecule has 2 aromatic heterocycles. The summed E-state index contributed by atoms with van der Waals surface area (Å²) >= 11 is 0. The first kappa shape index (κ1) is 21.4. The number of nitrogens with zero attached hydrogens (tertiary/aromatic N) is 4. The Labute approximate surface area is 165 Å². The lowest BCUT2D eigenvalue weighted by Crippen LogP contribution is -2.45. The molecule has 0 saturated heterocycles. The number of aryl methyl sites for hydroxylation is 2. The standard InChI is InChI=1S/C20H29N5O3/c1-14(22-19(27)28-20(3,4)5)12-25(13-16-9-7-8-10-21-16)18(26)17-11-15(2)24(6)23-17/h7-11,14H,12-13H2,1-6H3,(H,22,27)/t14-/m1/s1. The summed E-state index contributed by atoms with van der Waals surface area (Å²) in [6.07, 6.45) is 1.17. The molecule has 0 fully saturated rings.